The van der Waals surface area contributed by atoms with Crippen molar-refractivity contribution in [2.45, 2.75) is 38.8 Å². The number of nitrogens with one attached hydrogen (secondary N) is 2. The molecule has 5 heteroatoms. The third-order valence-electron chi connectivity index (χ3n) is 3.25. The molecule has 2 N–H and O–H groups in total. The summed E-state index contributed by atoms with van der Waals surface area (Å²) in [5.74, 6) is -0.0167. The lowest BCUT2D eigenvalue weighted by Crippen LogP contribution is -2.48. The molecule has 0 saturated carbocycles. The highest BCUT2D eigenvalue weighted by Gasteiger charge is 2.21. The second-order valence-electron chi connectivity index (χ2n) is 4.86. The average molecular weight is 236 g/mol. The molecule has 0 bridgehead atoms. The van der Waals surface area contributed by atoms with E-state index in [-0.39, 0.29) is 11.9 Å². The van der Waals surface area contributed by atoms with Crippen molar-refractivity contribution >= 4 is 5.91 Å². The predicted octanol–water partition coefficient (Wildman–Crippen LogP) is 0.599. The molecule has 1 amide bonds. The molecule has 94 valence electrons. The Labute approximate surface area is 102 Å². The minimum atomic E-state index is -0.0167. The molecular weight excluding hydrogens is 216 g/mol. The predicted molar refractivity (Wildman–Crippen MR) is 65.9 cm³/mol. The first-order chi connectivity index (χ1) is 8.06. The number of carbonyl (C=O) groups excluding carboxylic acids is 1. The van der Waals surface area contributed by atoms with Crippen molar-refractivity contribution in [3.8, 4) is 0 Å². The third-order valence-corrected chi connectivity index (χ3v) is 3.25. The Morgan fingerprint density at radius 3 is 2.88 bits per heavy atom. The number of hydrogen-bond acceptors (Lipinski definition) is 3. The minimum absolute atomic E-state index is 0.0167. The van der Waals surface area contributed by atoms with E-state index in [1.54, 1.807) is 10.9 Å². The van der Waals surface area contributed by atoms with Crippen LogP contribution < -0.4 is 10.6 Å². The Morgan fingerprint density at radius 1 is 1.59 bits per heavy atom. The van der Waals surface area contributed by atoms with Crippen molar-refractivity contribution in [1.29, 1.82) is 0 Å². The smallest absolute Gasteiger partial charge is 0.255 e. The third kappa shape index (κ3) is 2.85. The van der Waals surface area contributed by atoms with Crippen LogP contribution in [0.25, 0.3) is 0 Å². The van der Waals surface area contributed by atoms with Crippen LogP contribution in [0, 0.1) is 6.92 Å². The summed E-state index contributed by atoms with van der Waals surface area (Å²) >= 11 is 0. The van der Waals surface area contributed by atoms with Crippen molar-refractivity contribution in [2.24, 2.45) is 7.05 Å². The van der Waals surface area contributed by atoms with E-state index < -0.39 is 0 Å². The summed E-state index contributed by atoms with van der Waals surface area (Å²) in [7, 11) is 1.83. The quantitative estimate of drug-likeness (QED) is 0.790. The summed E-state index contributed by atoms with van der Waals surface area (Å²) in [5.41, 5.74) is 1.45. The molecule has 1 aliphatic heterocycles. The highest BCUT2D eigenvalue weighted by atomic mass is 16.1. The van der Waals surface area contributed by atoms with Crippen molar-refractivity contribution in [1.82, 2.24) is 20.4 Å². The molecule has 0 radical (unpaired) electrons. The summed E-state index contributed by atoms with van der Waals surface area (Å²) < 4.78 is 1.67. The summed E-state index contributed by atoms with van der Waals surface area (Å²) in [4.78, 5) is 12.0. The zero-order valence-corrected chi connectivity index (χ0v) is 10.7. The highest BCUT2D eigenvalue weighted by Crippen LogP contribution is 2.10. The van der Waals surface area contributed by atoms with Gasteiger partial charge in [0.2, 0.25) is 0 Å². The van der Waals surface area contributed by atoms with E-state index in [1.807, 2.05) is 14.0 Å². The Morgan fingerprint density at radius 2 is 2.35 bits per heavy atom. The molecule has 1 aromatic heterocycles. The van der Waals surface area contributed by atoms with Crippen LogP contribution in [-0.2, 0) is 7.05 Å². The van der Waals surface area contributed by atoms with E-state index >= 15 is 0 Å². The summed E-state index contributed by atoms with van der Waals surface area (Å²) in [6, 6.07) is 0.793. The number of nitrogens with zero attached hydrogens (tertiary/aromatic N) is 2. The fourth-order valence-corrected chi connectivity index (χ4v) is 2.21. The zero-order chi connectivity index (χ0) is 12.4. The molecule has 0 aliphatic carbocycles. The number of hydrogen-bond donors (Lipinski definition) is 2. The molecule has 1 aliphatic rings. The Hall–Kier alpha value is -1.36. The highest BCUT2D eigenvalue weighted by molar-refractivity contribution is 5.95. The van der Waals surface area contributed by atoms with Gasteiger partial charge in [0.1, 0.15) is 0 Å². The lowest BCUT2D eigenvalue weighted by atomic mass is 10.0. The lowest BCUT2D eigenvalue weighted by Gasteiger charge is -2.28. The van der Waals surface area contributed by atoms with Gasteiger partial charge in [-0.15, -0.1) is 0 Å². The maximum atomic E-state index is 12.0. The molecule has 2 atom stereocenters. The molecule has 2 unspecified atom stereocenters. The first-order valence-corrected chi connectivity index (χ1v) is 6.10. The molecule has 1 saturated heterocycles. The molecule has 5 nitrogen and oxygen atoms in total. The van der Waals surface area contributed by atoms with Crippen molar-refractivity contribution in [3.05, 3.63) is 17.5 Å². The first-order valence-electron chi connectivity index (χ1n) is 6.10. The number of carbonyl (C=O) groups is 1. The van der Waals surface area contributed by atoms with Gasteiger partial charge in [-0.05, 0) is 26.7 Å². The number of aryl methyl sites for hydroxylation is 2. The van der Waals surface area contributed by atoms with Crippen LogP contribution in [0.1, 0.15) is 35.8 Å². The minimum Gasteiger partial charge on any atom is -0.348 e. The monoisotopic (exact) mass is 236 g/mol. The van der Waals surface area contributed by atoms with Gasteiger partial charge < -0.3 is 10.6 Å². The van der Waals surface area contributed by atoms with Gasteiger partial charge >= 0.3 is 0 Å². The Bertz CT molecular complexity index is 405. The normalized spacial score (nSPS) is 24.6. The lowest BCUT2D eigenvalue weighted by molar-refractivity contribution is 0.0927. The van der Waals surface area contributed by atoms with E-state index in [4.69, 9.17) is 0 Å². The van der Waals surface area contributed by atoms with Crippen molar-refractivity contribution < 1.29 is 4.79 Å². The van der Waals surface area contributed by atoms with Crippen LogP contribution in [-0.4, -0.2) is 34.3 Å². The molecule has 1 fully saturated rings. The number of amides is 1. The van der Waals surface area contributed by atoms with Gasteiger partial charge in [-0.2, -0.15) is 5.10 Å². The van der Waals surface area contributed by atoms with Gasteiger partial charge in [0.25, 0.3) is 5.91 Å². The number of rotatable bonds is 2. The van der Waals surface area contributed by atoms with E-state index in [2.05, 4.69) is 22.7 Å². The van der Waals surface area contributed by atoms with Crippen LogP contribution in [0.2, 0.25) is 0 Å². The summed E-state index contributed by atoms with van der Waals surface area (Å²) in [6.07, 6.45) is 3.92. The van der Waals surface area contributed by atoms with Gasteiger partial charge in [0.05, 0.1) is 11.3 Å². The second kappa shape index (κ2) is 4.87. The van der Waals surface area contributed by atoms with E-state index in [1.165, 1.54) is 0 Å². The first kappa shape index (κ1) is 12.1. The summed E-state index contributed by atoms with van der Waals surface area (Å²) in [5, 5.41) is 10.6. The molecular formula is C12H20N4O. The molecule has 0 aromatic carbocycles. The van der Waals surface area contributed by atoms with Crippen LogP contribution in [0.3, 0.4) is 0 Å². The molecule has 1 aromatic rings. The zero-order valence-electron chi connectivity index (χ0n) is 10.7. The molecule has 2 rings (SSSR count). The maximum absolute atomic E-state index is 12.0. The molecule has 2 heterocycles. The SMILES string of the molecule is Cc1nn(C)cc1C(=O)NC1CCC(C)NC1. The van der Waals surface area contributed by atoms with Gasteiger partial charge in [-0.1, -0.05) is 0 Å². The molecule has 17 heavy (non-hydrogen) atoms. The van der Waals surface area contributed by atoms with E-state index in [0.717, 1.165) is 25.1 Å². The standard InChI is InChI=1S/C12H20N4O/c1-8-4-5-10(6-13-8)14-12(17)11-7-16(3)15-9(11)2/h7-8,10,13H,4-6H2,1-3H3,(H,14,17). The topological polar surface area (TPSA) is 59.0 Å². The van der Waals surface area contributed by atoms with Gasteiger partial charge in [0.15, 0.2) is 0 Å². The Balaban J connectivity index is 1.95. The Kier molecular flexibility index (Phi) is 3.47. The van der Waals surface area contributed by atoms with Crippen molar-refractivity contribution in [2.75, 3.05) is 6.54 Å². The van der Waals surface area contributed by atoms with Crippen LogP contribution in [0.4, 0.5) is 0 Å². The largest absolute Gasteiger partial charge is 0.348 e. The fourth-order valence-electron chi connectivity index (χ4n) is 2.21. The van der Waals surface area contributed by atoms with Crippen molar-refractivity contribution in [3.63, 3.8) is 0 Å². The van der Waals surface area contributed by atoms with Gasteiger partial charge in [-0.25, -0.2) is 0 Å². The molecule has 0 spiro atoms. The van der Waals surface area contributed by atoms with Crippen LogP contribution >= 0.6 is 0 Å². The van der Waals surface area contributed by atoms with Gasteiger partial charge in [0, 0.05) is 31.9 Å². The second-order valence-corrected chi connectivity index (χ2v) is 4.86. The van der Waals surface area contributed by atoms with E-state index in [0.29, 0.717) is 11.6 Å². The number of piperidine rings is 1. The fraction of sp³-hybridized carbons (Fsp3) is 0.667. The average Bonchev–Trinajstić information content (AvgIpc) is 2.61. The van der Waals surface area contributed by atoms with E-state index in [9.17, 15) is 4.79 Å². The van der Waals surface area contributed by atoms with Crippen LogP contribution in [0.15, 0.2) is 6.20 Å². The van der Waals surface area contributed by atoms with Gasteiger partial charge in [-0.3, -0.25) is 9.48 Å². The van der Waals surface area contributed by atoms with Crippen LogP contribution in [0.5, 0.6) is 0 Å². The summed E-state index contributed by atoms with van der Waals surface area (Å²) in [6.45, 7) is 4.88. The number of aromatic nitrogens is 2. The maximum Gasteiger partial charge on any atom is 0.255 e.